The van der Waals surface area contributed by atoms with Crippen LogP contribution in [0.15, 0.2) is 35.4 Å². The van der Waals surface area contributed by atoms with Gasteiger partial charge in [-0.05, 0) is 56.1 Å². The summed E-state index contributed by atoms with van der Waals surface area (Å²) in [5.41, 5.74) is 4.92. The topological polar surface area (TPSA) is 41.2 Å². The maximum atomic E-state index is 9.88. The molecule has 0 bridgehead atoms. The Hall–Kier alpha value is -1.99. The van der Waals surface area contributed by atoms with Crippen LogP contribution < -0.4 is 9.88 Å². The van der Waals surface area contributed by atoms with Gasteiger partial charge in [-0.2, -0.15) is 5.26 Å². The Bertz CT molecular complexity index is 804. The maximum absolute atomic E-state index is 9.88. The van der Waals surface area contributed by atoms with Gasteiger partial charge in [-0.1, -0.05) is 42.1 Å². The minimum atomic E-state index is 0.890. The fourth-order valence-corrected chi connectivity index (χ4v) is 5.15. The van der Waals surface area contributed by atoms with Gasteiger partial charge in [0, 0.05) is 11.3 Å². The van der Waals surface area contributed by atoms with Crippen LogP contribution in [-0.4, -0.2) is 13.1 Å². The lowest BCUT2D eigenvalue weighted by atomic mass is 9.89. The number of anilines is 1. The molecule has 0 spiro atoms. The summed E-state index contributed by atoms with van der Waals surface area (Å²) in [5.74, 6) is 2.19. The predicted octanol–water partition coefficient (Wildman–Crippen LogP) is 4.53. The van der Waals surface area contributed by atoms with E-state index in [1.54, 1.807) is 11.8 Å². The zero-order chi connectivity index (χ0) is 17.8. The molecule has 26 heavy (non-hydrogen) atoms. The van der Waals surface area contributed by atoms with Crippen LogP contribution >= 0.6 is 11.8 Å². The third-order valence-corrected chi connectivity index (χ3v) is 6.60. The Kier molecular flexibility index (Phi) is 5.45. The van der Waals surface area contributed by atoms with Gasteiger partial charge in [0.05, 0.1) is 13.1 Å². The summed E-state index contributed by atoms with van der Waals surface area (Å²) in [7, 11) is 0. The third-order valence-electron chi connectivity index (χ3n) is 5.52. The molecule has 0 radical (unpaired) electrons. The van der Waals surface area contributed by atoms with Crippen molar-refractivity contribution in [2.75, 3.05) is 18.0 Å². The lowest BCUT2D eigenvalue weighted by Crippen LogP contribution is -2.37. The second-order valence-corrected chi connectivity index (χ2v) is 8.26. The van der Waals surface area contributed by atoms with Crippen molar-refractivity contribution in [3.05, 3.63) is 52.6 Å². The number of aromatic amines is 1. The third kappa shape index (κ3) is 3.59. The number of benzene rings is 1. The van der Waals surface area contributed by atoms with Crippen LogP contribution in [0.1, 0.15) is 54.4 Å². The summed E-state index contributed by atoms with van der Waals surface area (Å²) >= 11 is 1.77. The van der Waals surface area contributed by atoms with Gasteiger partial charge in [0.25, 0.3) is 5.82 Å². The minimum Gasteiger partial charge on any atom is -0.262 e. The van der Waals surface area contributed by atoms with Crippen molar-refractivity contribution in [1.29, 1.82) is 5.26 Å². The van der Waals surface area contributed by atoms with E-state index in [-0.39, 0.29) is 0 Å². The number of hydrogen-bond donors (Lipinski definition) is 0. The molecule has 1 aromatic heterocycles. The van der Waals surface area contributed by atoms with Crippen LogP contribution in [0.4, 0.5) is 5.82 Å². The highest BCUT2D eigenvalue weighted by atomic mass is 32.2. The van der Waals surface area contributed by atoms with Crippen LogP contribution in [0.2, 0.25) is 0 Å². The molecule has 2 heterocycles. The fourth-order valence-electron chi connectivity index (χ4n) is 4.17. The normalized spacial score (nSPS) is 16.8. The van der Waals surface area contributed by atoms with Crippen LogP contribution in [0, 0.1) is 11.3 Å². The molecule has 0 atom stereocenters. The summed E-state index contributed by atoms with van der Waals surface area (Å²) in [6.07, 6.45) is 8.48. The summed E-state index contributed by atoms with van der Waals surface area (Å²) in [5, 5.41) is 10.9. The van der Waals surface area contributed by atoms with Gasteiger partial charge in [-0.3, -0.25) is 4.90 Å². The van der Waals surface area contributed by atoms with Crippen molar-refractivity contribution >= 4 is 17.6 Å². The van der Waals surface area contributed by atoms with Gasteiger partial charge in [-0.25, -0.2) is 4.98 Å². The predicted molar refractivity (Wildman–Crippen MR) is 106 cm³/mol. The Morgan fingerprint density at radius 3 is 2.42 bits per heavy atom. The standard InChI is InChI=1S/C22H25N3S/c23-15-20-18-11-5-6-12-19(18)21(25-13-7-2-8-14-25)24-22(20)26-16-17-9-3-1-4-10-17/h1,3-4,9-10H,2,5-8,11-14,16H2/p+1. The van der Waals surface area contributed by atoms with Crippen LogP contribution in [0.25, 0.3) is 0 Å². The van der Waals surface area contributed by atoms with Gasteiger partial charge in [0.2, 0.25) is 0 Å². The second-order valence-electron chi connectivity index (χ2n) is 7.28. The van der Waals surface area contributed by atoms with Crippen molar-refractivity contribution in [2.45, 2.75) is 55.7 Å². The first-order chi connectivity index (χ1) is 12.9. The van der Waals surface area contributed by atoms with Crippen molar-refractivity contribution in [3.63, 3.8) is 0 Å². The van der Waals surface area contributed by atoms with Crippen molar-refractivity contribution in [1.82, 2.24) is 0 Å². The number of nitrogens with one attached hydrogen (secondary N) is 1. The number of nitriles is 1. The number of thioether (sulfide) groups is 1. The molecule has 3 nitrogen and oxygen atoms in total. The molecule has 1 fully saturated rings. The van der Waals surface area contributed by atoms with E-state index in [9.17, 15) is 5.26 Å². The molecular formula is C22H26N3S+. The first kappa shape index (κ1) is 17.4. The van der Waals surface area contributed by atoms with Gasteiger partial charge in [-0.15, -0.1) is 0 Å². The molecule has 0 saturated carbocycles. The molecule has 1 aromatic carbocycles. The average molecular weight is 365 g/mol. The van der Waals surface area contributed by atoms with E-state index in [2.05, 4.69) is 40.2 Å². The van der Waals surface area contributed by atoms with E-state index in [0.717, 1.165) is 42.3 Å². The second kappa shape index (κ2) is 8.14. The SMILES string of the molecule is N#Cc1c(SCc2ccccc2)[nH+]c(N2CCCCC2)c2c1CCCC2. The highest BCUT2D eigenvalue weighted by Gasteiger charge is 2.30. The van der Waals surface area contributed by atoms with Gasteiger partial charge in [0.1, 0.15) is 11.6 Å². The highest BCUT2D eigenvalue weighted by Crippen LogP contribution is 2.35. The van der Waals surface area contributed by atoms with Crippen molar-refractivity contribution < 1.29 is 4.98 Å². The van der Waals surface area contributed by atoms with Crippen molar-refractivity contribution in [3.8, 4) is 6.07 Å². The summed E-state index contributed by atoms with van der Waals surface area (Å²) < 4.78 is 0. The van der Waals surface area contributed by atoms with Crippen LogP contribution in [-0.2, 0) is 18.6 Å². The lowest BCUT2D eigenvalue weighted by Gasteiger charge is -2.26. The summed E-state index contributed by atoms with van der Waals surface area (Å²) in [6, 6.07) is 13.0. The molecule has 4 heteroatoms. The number of nitrogens with zero attached hydrogens (tertiary/aromatic N) is 2. The highest BCUT2D eigenvalue weighted by molar-refractivity contribution is 7.98. The Morgan fingerprint density at radius 2 is 1.69 bits per heavy atom. The average Bonchev–Trinajstić information content (AvgIpc) is 2.72. The number of rotatable bonds is 4. The zero-order valence-electron chi connectivity index (χ0n) is 15.3. The van der Waals surface area contributed by atoms with Crippen molar-refractivity contribution in [2.24, 2.45) is 0 Å². The molecule has 1 aliphatic carbocycles. The van der Waals surface area contributed by atoms with Crippen LogP contribution in [0.3, 0.4) is 0 Å². The number of pyridine rings is 1. The molecular weight excluding hydrogens is 338 g/mol. The van der Waals surface area contributed by atoms with E-state index in [4.69, 9.17) is 0 Å². The van der Waals surface area contributed by atoms with E-state index in [0.29, 0.717) is 0 Å². The number of hydrogen-bond acceptors (Lipinski definition) is 3. The number of fused-ring (bicyclic) bond motifs is 1. The molecule has 2 aromatic rings. The van der Waals surface area contributed by atoms with Crippen LogP contribution in [0.5, 0.6) is 0 Å². The maximum Gasteiger partial charge on any atom is 0.278 e. The van der Waals surface area contributed by atoms with Gasteiger partial charge >= 0.3 is 0 Å². The van der Waals surface area contributed by atoms with E-state index < -0.39 is 0 Å². The summed E-state index contributed by atoms with van der Waals surface area (Å²) in [4.78, 5) is 6.23. The van der Waals surface area contributed by atoms with Gasteiger partial charge in [0.15, 0.2) is 5.03 Å². The molecule has 134 valence electrons. The Balaban J connectivity index is 1.71. The number of piperidine rings is 1. The molecule has 0 amide bonds. The molecule has 4 rings (SSSR count). The van der Waals surface area contributed by atoms with E-state index in [1.165, 1.54) is 54.6 Å². The molecule has 1 aliphatic heterocycles. The smallest absolute Gasteiger partial charge is 0.262 e. The molecule has 1 N–H and O–H groups in total. The lowest BCUT2D eigenvalue weighted by molar-refractivity contribution is -0.414. The fraction of sp³-hybridized carbons (Fsp3) is 0.455. The largest absolute Gasteiger partial charge is 0.278 e. The summed E-state index contributed by atoms with van der Waals surface area (Å²) in [6.45, 7) is 2.27. The minimum absolute atomic E-state index is 0.890. The Labute approximate surface area is 160 Å². The first-order valence-electron chi connectivity index (χ1n) is 9.79. The monoisotopic (exact) mass is 364 g/mol. The first-order valence-corrected chi connectivity index (χ1v) is 10.8. The van der Waals surface area contributed by atoms with E-state index in [1.807, 2.05) is 6.07 Å². The molecule has 0 unspecified atom stereocenters. The van der Waals surface area contributed by atoms with Gasteiger partial charge < -0.3 is 0 Å². The quantitative estimate of drug-likeness (QED) is 0.748. The number of aromatic nitrogens is 1. The molecule has 1 saturated heterocycles. The number of H-pyrrole nitrogens is 1. The zero-order valence-corrected chi connectivity index (χ0v) is 16.1. The Morgan fingerprint density at radius 1 is 0.962 bits per heavy atom. The molecule has 2 aliphatic rings. The van der Waals surface area contributed by atoms with E-state index >= 15 is 0 Å².